The quantitative estimate of drug-likeness (QED) is 0.0459. The molecule has 0 atom stereocenters. The first-order valence-electron chi connectivity index (χ1n) is 19.6. The highest BCUT2D eigenvalue weighted by molar-refractivity contribution is 5.69. The number of carbonyl (C=O) groups is 1. The maximum Gasteiger partial charge on any atom is 0.306 e. The molecule has 0 saturated carbocycles. The predicted molar refractivity (Wildman–Crippen MR) is 194 cm³/mol. The van der Waals surface area contributed by atoms with Crippen molar-refractivity contribution in [1.29, 1.82) is 0 Å². The van der Waals surface area contributed by atoms with Crippen LogP contribution in [0.3, 0.4) is 0 Å². The zero-order chi connectivity index (χ0) is 33.3. The van der Waals surface area contributed by atoms with Crippen molar-refractivity contribution >= 4 is 5.97 Å². The lowest BCUT2D eigenvalue weighted by Crippen LogP contribution is -2.21. The van der Waals surface area contributed by atoms with Crippen molar-refractivity contribution < 1.29 is 24.1 Å². The van der Waals surface area contributed by atoms with E-state index < -0.39 is 0 Å². The van der Waals surface area contributed by atoms with E-state index in [0.717, 1.165) is 36.8 Å². The third kappa shape index (κ3) is 25.6. The summed E-state index contributed by atoms with van der Waals surface area (Å²) in [5.74, 6) is -0.227. The Morgan fingerprint density at radius 1 is 0.630 bits per heavy atom. The predicted octanol–water partition coefficient (Wildman–Crippen LogP) is 11.8. The maximum absolute atomic E-state index is 12.7. The van der Waals surface area contributed by atoms with Gasteiger partial charge in [0.1, 0.15) is 6.61 Å². The van der Waals surface area contributed by atoms with Gasteiger partial charge in [-0.25, -0.2) is 0 Å². The average molecular weight is 646 g/mol. The molecule has 46 heavy (non-hydrogen) atoms. The Balaban J connectivity index is 2.40. The van der Waals surface area contributed by atoms with Crippen LogP contribution in [0.1, 0.15) is 192 Å². The number of hydrogen-bond donors (Lipinski definition) is 1. The second-order valence-corrected chi connectivity index (χ2v) is 13.3. The second-order valence-electron chi connectivity index (χ2n) is 13.3. The van der Waals surface area contributed by atoms with E-state index in [0.29, 0.717) is 19.6 Å². The van der Waals surface area contributed by atoms with E-state index in [1.54, 1.807) is 0 Å². The van der Waals surface area contributed by atoms with E-state index in [1.165, 1.54) is 128 Å². The Hall–Kier alpha value is -1.43. The van der Waals surface area contributed by atoms with Gasteiger partial charge in [-0.2, -0.15) is 0 Å². The number of aliphatic hydroxyl groups is 1. The summed E-state index contributed by atoms with van der Waals surface area (Å²) >= 11 is 0. The second kappa shape index (κ2) is 32.1. The van der Waals surface area contributed by atoms with Crippen LogP contribution in [0, 0.1) is 6.42 Å². The van der Waals surface area contributed by atoms with Gasteiger partial charge in [-0.1, -0.05) is 161 Å². The molecule has 0 aliphatic heterocycles. The molecule has 0 aromatic heterocycles. The molecule has 1 radical (unpaired) electrons. The maximum atomic E-state index is 12.7. The van der Waals surface area contributed by atoms with E-state index >= 15 is 0 Å². The first kappa shape index (κ1) is 42.6. The van der Waals surface area contributed by atoms with Crippen LogP contribution < -0.4 is 0 Å². The van der Waals surface area contributed by atoms with Crippen LogP contribution in [0.2, 0.25) is 0 Å². The molecule has 0 bridgehead atoms. The van der Waals surface area contributed by atoms with Gasteiger partial charge in [-0.05, 0) is 48.8 Å². The van der Waals surface area contributed by atoms with Crippen molar-refractivity contribution in [3.8, 4) is 0 Å². The topological polar surface area (TPSA) is 65.0 Å². The lowest BCUT2D eigenvalue weighted by atomic mass is 10.0. The Labute approximate surface area is 285 Å². The zero-order valence-electron chi connectivity index (χ0n) is 30.5. The third-order valence-corrected chi connectivity index (χ3v) is 8.77. The summed E-state index contributed by atoms with van der Waals surface area (Å²) in [5.41, 5.74) is 3.05. The smallest absolute Gasteiger partial charge is 0.306 e. The minimum Gasteiger partial charge on any atom is -0.461 e. The van der Waals surface area contributed by atoms with Crippen molar-refractivity contribution in [3.63, 3.8) is 0 Å². The summed E-state index contributed by atoms with van der Waals surface area (Å²) in [6.07, 6.45) is 31.3. The largest absolute Gasteiger partial charge is 0.461 e. The Morgan fingerprint density at radius 3 is 1.72 bits per heavy atom. The molecule has 1 aromatic rings. The van der Waals surface area contributed by atoms with Crippen LogP contribution in [0.5, 0.6) is 0 Å². The molecular weight excluding hydrogens is 572 g/mol. The van der Waals surface area contributed by atoms with E-state index in [2.05, 4.69) is 39.3 Å². The molecule has 0 aliphatic carbocycles. The molecule has 0 saturated heterocycles. The van der Waals surface area contributed by atoms with Gasteiger partial charge >= 0.3 is 5.97 Å². The van der Waals surface area contributed by atoms with Crippen LogP contribution in [-0.4, -0.2) is 30.6 Å². The number of unbranched alkanes of at least 4 members (excludes halogenated alkanes) is 20. The Kier molecular flexibility index (Phi) is 29.8. The summed E-state index contributed by atoms with van der Waals surface area (Å²) in [7, 11) is 0. The SMILES string of the molecule is CCCCC[CH]CCCCCCCc1cc(CO)cc(COC(=O)CCC(OCCCCCCCC)OCCCCCCCC)c1. The third-order valence-electron chi connectivity index (χ3n) is 8.77. The molecule has 0 unspecified atom stereocenters. The number of esters is 1. The van der Waals surface area contributed by atoms with Crippen molar-refractivity contribution in [1.82, 2.24) is 0 Å². The van der Waals surface area contributed by atoms with Gasteiger partial charge in [-0.3, -0.25) is 4.79 Å². The van der Waals surface area contributed by atoms with Crippen LogP contribution in [0.4, 0.5) is 0 Å². The van der Waals surface area contributed by atoms with Crippen molar-refractivity contribution in [3.05, 3.63) is 41.3 Å². The molecule has 0 fully saturated rings. The minimum atomic E-state index is -0.355. The minimum absolute atomic E-state index is 0.00287. The van der Waals surface area contributed by atoms with Crippen LogP contribution in [0.25, 0.3) is 0 Å². The summed E-state index contributed by atoms with van der Waals surface area (Å²) in [5, 5.41) is 9.82. The molecule has 0 heterocycles. The molecule has 1 N–H and O–H groups in total. The summed E-state index contributed by atoms with van der Waals surface area (Å²) in [6, 6.07) is 6.17. The first-order chi connectivity index (χ1) is 22.6. The molecule has 0 spiro atoms. The van der Waals surface area contributed by atoms with Crippen LogP contribution >= 0.6 is 0 Å². The van der Waals surface area contributed by atoms with Gasteiger partial charge in [0.2, 0.25) is 0 Å². The lowest BCUT2D eigenvalue weighted by molar-refractivity contribution is -0.160. The van der Waals surface area contributed by atoms with Gasteiger partial charge in [0.25, 0.3) is 0 Å². The monoisotopic (exact) mass is 646 g/mol. The molecular formula is C41H73O5. The van der Waals surface area contributed by atoms with Crippen LogP contribution in [0.15, 0.2) is 18.2 Å². The Bertz CT molecular complexity index is 792. The average Bonchev–Trinajstić information content (AvgIpc) is 3.07. The molecule has 267 valence electrons. The number of rotatable bonds is 34. The number of aliphatic hydroxyl groups excluding tert-OH is 1. The van der Waals surface area contributed by atoms with Crippen LogP contribution in [-0.2, 0) is 38.6 Å². The number of hydrogen-bond acceptors (Lipinski definition) is 5. The standard InChI is InChI=1S/C41H73O5/c1-4-7-10-13-16-17-18-19-20-21-24-27-37-32-38(35-42)34-39(33-37)36-46-40(43)28-29-41(44-30-25-22-14-11-8-5-2)45-31-26-23-15-12-9-6-3/h16,32-34,41-42H,4-15,17-31,35-36H2,1-3H3. The molecule has 1 aromatic carbocycles. The summed E-state index contributed by atoms with van der Waals surface area (Å²) in [4.78, 5) is 12.7. The number of ether oxygens (including phenoxy) is 3. The highest BCUT2D eigenvalue weighted by atomic mass is 16.7. The molecule has 1 rings (SSSR count). The van der Waals surface area contributed by atoms with Crippen molar-refractivity contribution in [2.24, 2.45) is 0 Å². The number of aryl methyl sites for hydroxylation is 1. The van der Waals surface area contributed by atoms with E-state index in [-0.39, 0.29) is 31.9 Å². The van der Waals surface area contributed by atoms with E-state index in [1.807, 2.05) is 6.07 Å². The summed E-state index contributed by atoms with van der Waals surface area (Å²) in [6.45, 7) is 8.32. The summed E-state index contributed by atoms with van der Waals surface area (Å²) < 4.78 is 17.8. The van der Waals surface area contributed by atoms with Crippen molar-refractivity contribution in [2.45, 2.75) is 201 Å². The number of benzene rings is 1. The highest BCUT2D eigenvalue weighted by Gasteiger charge is 2.14. The molecule has 5 heteroatoms. The number of carbonyl (C=O) groups excluding carboxylic acids is 1. The van der Waals surface area contributed by atoms with E-state index in [9.17, 15) is 9.90 Å². The molecule has 5 nitrogen and oxygen atoms in total. The Morgan fingerprint density at radius 2 is 1.11 bits per heavy atom. The lowest BCUT2D eigenvalue weighted by Gasteiger charge is -2.19. The van der Waals surface area contributed by atoms with Gasteiger partial charge in [-0.15, -0.1) is 0 Å². The van der Waals surface area contributed by atoms with Gasteiger partial charge < -0.3 is 19.3 Å². The fourth-order valence-corrected chi connectivity index (χ4v) is 5.87. The molecule has 0 aliphatic rings. The van der Waals surface area contributed by atoms with Crippen molar-refractivity contribution in [2.75, 3.05) is 13.2 Å². The van der Waals surface area contributed by atoms with Gasteiger partial charge in [0.05, 0.1) is 13.0 Å². The highest BCUT2D eigenvalue weighted by Crippen LogP contribution is 2.18. The van der Waals surface area contributed by atoms with Gasteiger partial charge in [0.15, 0.2) is 6.29 Å². The first-order valence-corrected chi connectivity index (χ1v) is 19.6. The zero-order valence-corrected chi connectivity index (χ0v) is 30.5. The molecule has 0 amide bonds. The van der Waals surface area contributed by atoms with Gasteiger partial charge in [0, 0.05) is 19.6 Å². The van der Waals surface area contributed by atoms with E-state index in [4.69, 9.17) is 14.2 Å². The fraction of sp³-hybridized carbons (Fsp3) is 0.805. The fourth-order valence-electron chi connectivity index (χ4n) is 5.87. The normalized spacial score (nSPS) is 11.5.